The van der Waals surface area contributed by atoms with Crippen LogP contribution in [0.15, 0.2) is 48.7 Å². The molecule has 3 aromatic rings. The number of aliphatic carboxylic acids is 1. The highest BCUT2D eigenvalue weighted by atomic mass is 32.1. The summed E-state index contributed by atoms with van der Waals surface area (Å²) in [6, 6.07) is 11.7. The molecule has 3 N–H and O–H groups in total. The Kier molecular flexibility index (Phi) is 4.95. The van der Waals surface area contributed by atoms with Gasteiger partial charge in [-0.3, -0.25) is 9.78 Å². The summed E-state index contributed by atoms with van der Waals surface area (Å²) in [5, 5.41) is 14.9. The van der Waals surface area contributed by atoms with Crippen molar-refractivity contribution in [1.82, 2.24) is 10.3 Å². The number of pyridine rings is 1. The van der Waals surface area contributed by atoms with Crippen molar-refractivity contribution < 1.29 is 14.7 Å². The van der Waals surface area contributed by atoms with Crippen molar-refractivity contribution >= 4 is 39.1 Å². The molecule has 0 aliphatic carbocycles. The summed E-state index contributed by atoms with van der Waals surface area (Å²) < 4.78 is 0.963. The van der Waals surface area contributed by atoms with Crippen molar-refractivity contribution in [2.75, 3.05) is 11.9 Å². The Morgan fingerprint density at radius 3 is 2.68 bits per heavy atom. The first-order chi connectivity index (χ1) is 12.0. The van der Waals surface area contributed by atoms with E-state index in [9.17, 15) is 14.7 Å². The number of hydrogen-bond acceptors (Lipinski definition) is 5. The molecule has 1 unspecified atom stereocenters. The number of rotatable bonds is 6. The van der Waals surface area contributed by atoms with Gasteiger partial charge in [-0.1, -0.05) is 18.2 Å². The van der Waals surface area contributed by atoms with Gasteiger partial charge in [-0.05, 0) is 36.8 Å². The van der Waals surface area contributed by atoms with Gasteiger partial charge in [0.2, 0.25) is 0 Å². The molecule has 0 radical (unpaired) electrons. The monoisotopic (exact) mass is 355 g/mol. The van der Waals surface area contributed by atoms with Crippen LogP contribution in [0.1, 0.15) is 15.2 Å². The number of hydrogen-bond donors (Lipinski definition) is 3. The van der Waals surface area contributed by atoms with Gasteiger partial charge in [0.1, 0.15) is 6.04 Å². The summed E-state index contributed by atoms with van der Waals surface area (Å²) in [6.07, 6.45) is 1.70. The molecule has 1 amide bonds. The minimum Gasteiger partial charge on any atom is -0.480 e. The number of anilines is 1. The van der Waals surface area contributed by atoms with E-state index in [-0.39, 0.29) is 12.5 Å². The van der Waals surface area contributed by atoms with Crippen molar-refractivity contribution in [3.05, 3.63) is 59.1 Å². The fraction of sp³-hybridized carbons (Fsp3) is 0.167. The van der Waals surface area contributed by atoms with Crippen molar-refractivity contribution in [2.24, 2.45) is 0 Å². The number of carbonyl (C=O) groups excluding carboxylic acids is 1. The van der Waals surface area contributed by atoms with E-state index in [0.29, 0.717) is 10.6 Å². The minimum atomic E-state index is -1.03. The third-order valence-electron chi connectivity index (χ3n) is 3.71. The molecule has 2 aromatic heterocycles. The van der Waals surface area contributed by atoms with E-state index >= 15 is 0 Å². The number of nitrogens with zero attached hydrogens (tertiary/aromatic N) is 1. The van der Waals surface area contributed by atoms with E-state index in [1.54, 1.807) is 24.4 Å². The molecule has 1 atom stereocenters. The van der Waals surface area contributed by atoms with Crippen molar-refractivity contribution in [2.45, 2.75) is 13.0 Å². The predicted octanol–water partition coefficient (Wildman–Crippen LogP) is 2.90. The summed E-state index contributed by atoms with van der Waals surface area (Å²) in [7, 11) is 0. The first kappa shape index (κ1) is 16.9. The fourth-order valence-corrected chi connectivity index (χ4v) is 3.39. The molecule has 25 heavy (non-hydrogen) atoms. The number of para-hydroxylation sites is 1. The molecule has 1 aromatic carbocycles. The molecule has 7 heteroatoms. The van der Waals surface area contributed by atoms with Gasteiger partial charge >= 0.3 is 5.97 Å². The number of aryl methyl sites for hydroxylation is 1. The summed E-state index contributed by atoms with van der Waals surface area (Å²) >= 11 is 1.35. The highest BCUT2D eigenvalue weighted by molar-refractivity contribution is 7.21. The standard InChI is InChI=1S/C18H17N3O3S/c1-11-7-8-19-13-9-15(25-16(11)13)17(22)20-10-14(18(23)24)21-12-5-3-2-4-6-12/h2-9,14,21H,10H2,1H3,(H,20,22)(H,23,24). The first-order valence-corrected chi connectivity index (χ1v) is 8.54. The van der Waals surface area contributed by atoms with Gasteiger partial charge in [0.15, 0.2) is 0 Å². The second-order valence-electron chi connectivity index (χ2n) is 5.56. The summed E-state index contributed by atoms with van der Waals surface area (Å²) in [5.41, 5.74) is 2.52. The zero-order valence-corrected chi connectivity index (χ0v) is 14.3. The number of fused-ring (bicyclic) bond motifs is 1. The van der Waals surface area contributed by atoms with Crippen LogP contribution >= 0.6 is 11.3 Å². The Balaban J connectivity index is 1.68. The smallest absolute Gasteiger partial charge is 0.327 e. The average molecular weight is 355 g/mol. The third kappa shape index (κ3) is 3.95. The lowest BCUT2D eigenvalue weighted by Gasteiger charge is -2.16. The number of amides is 1. The number of aromatic nitrogens is 1. The maximum atomic E-state index is 12.4. The molecule has 0 spiro atoms. The molecule has 0 saturated heterocycles. The topological polar surface area (TPSA) is 91.3 Å². The van der Waals surface area contributed by atoms with E-state index in [1.807, 2.05) is 31.2 Å². The van der Waals surface area contributed by atoms with Gasteiger partial charge in [0, 0.05) is 18.4 Å². The van der Waals surface area contributed by atoms with Crippen LogP contribution in [0.2, 0.25) is 0 Å². The number of thiophene rings is 1. The molecule has 2 heterocycles. The van der Waals surface area contributed by atoms with E-state index in [4.69, 9.17) is 0 Å². The summed E-state index contributed by atoms with van der Waals surface area (Å²) in [5.74, 6) is -1.33. The van der Waals surface area contributed by atoms with Crippen LogP contribution in [0.25, 0.3) is 10.2 Å². The molecule has 0 saturated carbocycles. The van der Waals surface area contributed by atoms with Crippen LogP contribution in [0.5, 0.6) is 0 Å². The third-order valence-corrected chi connectivity index (χ3v) is 4.97. The maximum absolute atomic E-state index is 12.4. The van der Waals surface area contributed by atoms with Crippen LogP contribution in [0, 0.1) is 6.92 Å². The normalized spacial score (nSPS) is 11.9. The van der Waals surface area contributed by atoms with E-state index in [1.165, 1.54) is 11.3 Å². The number of carboxylic acids is 1. The average Bonchev–Trinajstić information content (AvgIpc) is 3.05. The van der Waals surface area contributed by atoms with Crippen LogP contribution in [0.3, 0.4) is 0 Å². The lowest BCUT2D eigenvalue weighted by Crippen LogP contribution is -2.41. The van der Waals surface area contributed by atoms with Gasteiger partial charge in [-0.2, -0.15) is 0 Å². The lowest BCUT2D eigenvalue weighted by molar-refractivity contribution is -0.137. The Labute approximate surface area is 148 Å². The summed E-state index contributed by atoms with van der Waals surface area (Å²) in [6.45, 7) is 1.94. The lowest BCUT2D eigenvalue weighted by atomic mass is 10.2. The number of carbonyl (C=O) groups is 2. The Morgan fingerprint density at radius 2 is 2.00 bits per heavy atom. The molecule has 3 rings (SSSR count). The minimum absolute atomic E-state index is 0.0241. The van der Waals surface area contributed by atoms with Crippen LogP contribution in [0.4, 0.5) is 5.69 Å². The van der Waals surface area contributed by atoms with Crippen molar-refractivity contribution in [1.29, 1.82) is 0 Å². The molecule has 6 nitrogen and oxygen atoms in total. The predicted molar refractivity (Wildman–Crippen MR) is 98.2 cm³/mol. The van der Waals surface area contributed by atoms with E-state index in [0.717, 1.165) is 15.8 Å². The Hall–Kier alpha value is -2.93. The molecule has 0 fully saturated rings. The largest absolute Gasteiger partial charge is 0.480 e. The molecule has 0 bridgehead atoms. The second-order valence-corrected chi connectivity index (χ2v) is 6.62. The summed E-state index contributed by atoms with van der Waals surface area (Å²) in [4.78, 5) is 28.5. The second kappa shape index (κ2) is 7.31. The fourth-order valence-electron chi connectivity index (χ4n) is 2.39. The number of benzene rings is 1. The Morgan fingerprint density at radius 1 is 1.24 bits per heavy atom. The van der Waals surface area contributed by atoms with Gasteiger partial charge in [-0.25, -0.2) is 4.79 Å². The van der Waals surface area contributed by atoms with Crippen LogP contribution in [-0.4, -0.2) is 34.6 Å². The van der Waals surface area contributed by atoms with Gasteiger partial charge in [0.05, 0.1) is 15.1 Å². The van der Waals surface area contributed by atoms with Gasteiger partial charge < -0.3 is 15.7 Å². The van der Waals surface area contributed by atoms with Gasteiger partial charge in [0.25, 0.3) is 5.91 Å². The van der Waals surface area contributed by atoms with Gasteiger partial charge in [-0.15, -0.1) is 11.3 Å². The highest BCUT2D eigenvalue weighted by Crippen LogP contribution is 2.26. The zero-order chi connectivity index (χ0) is 17.8. The molecular formula is C18H17N3O3S. The Bertz CT molecular complexity index is 908. The molecular weight excluding hydrogens is 338 g/mol. The molecule has 0 aliphatic heterocycles. The van der Waals surface area contributed by atoms with Crippen LogP contribution < -0.4 is 10.6 Å². The quantitative estimate of drug-likeness (QED) is 0.632. The first-order valence-electron chi connectivity index (χ1n) is 7.72. The molecule has 0 aliphatic rings. The zero-order valence-electron chi connectivity index (χ0n) is 13.5. The van der Waals surface area contributed by atoms with Crippen LogP contribution in [-0.2, 0) is 4.79 Å². The highest BCUT2D eigenvalue weighted by Gasteiger charge is 2.19. The van der Waals surface area contributed by atoms with Crippen molar-refractivity contribution in [3.63, 3.8) is 0 Å². The molecule has 128 valence electrons. The number of carboxylic acid groups (broad SMARTS) is 1. The maximum Gasteiger partial charge on any atom is 0.327 e. The van der Waals surface area contributed by atoms with E-state index < -0.39 is 12.0 Å². The van der Waals surface area contributed by atoms with Crippen molar-refractivity contribution in [3.8, 4) is 0 Å². The number of nitrogens with one attached hydrogen (secondary N) is 2. The SMILES string of the molecule is Cc1ccnc2cc(C(=O)NCC(Nc3ccccc3)C(=O)O)sc12. The van der Waals surface area contributed by atoms with E-state index in [2.05, 4.69) is 15.6 Å².